The molecule has 0 saturated heterocycles. The van der Waals surface area contributed by atoms with Gasteiger partial charge in [0.2, 0.25) is 5.95 Å². The minimum Gasteiger partial charge on any atom is -0.496 e. The quantitative estimate of drug-likeness (QED) is 0.293. The summed E-state index contributed by atoms with van der Waals surface area (Å²) in [6.45, 7) is 0. The first-order valence-electron chi connectivity index (χ1n) is 11.1. The second-order valence-corrected chi connectivity index (χ2v) is 8.85. The van der Waals surface area contributed by atoms with Gasteiger partial charge >= 0.3 is 0 Å². The van der Waals surface area contributed by atoms with E-state index in [9.17, 15) is 4.79 Å². The van der Waals surface area contributed by atoms with Gasteiger partial charge in [0.25, 0.3) is 11.9 Å². The van der Waals surface area contributed by atoms with Crippen LogP contribution in [0.2, 0.25) is 10.0 Å². The molecule has 0 fully saturated rings. The number of fused-ring (bicyclic) bond motifs is 1. The van der Waals surface area contributed by atoms with Crippen LogP contribution in [0, 0.1) is 0 Å². The normalized spacial score (nSPS) is 14.6. The second kappa shape index (κ2) is 10.3. The molecule has 7 nitrogen and oxygen atoms in total. The zero-order valence-electron chi connectivity index (χ0n) is 19.2. The molecule has 0 saturated carbocycles. The molecule has 0 spiro atoms. The van der Waals surface area contributed by atoms with E-state index in [1.54, 1.807) is 17.9 Å². The average Bonchev–Trinajstić information content (AvgIpc) is 3.30. The summed E-state index contributed by atoms with van der Waals surface area (Å²) in [5, 5.41) is 11.9. The summed E-state index contributed by atoms with van der Waals surface area (Å²) in [7, 11) is 1.59. The Morgan fingerprint density at radius 2 is 1.72 bits per heavy atom. The maximum atomic E-state index is 12.6. The van der Waals surface area contributed by atoms with Gasteiger partial charge in [0.15, 0.2) is 0 Å². The molecule has 1 atom stereocenters. The van der Waals surface area contributed by atoms with E-state index in [0.29, 0.717) is 21.7 Å². The number of amides is 1. The molecule has 0 aliphatic carbocycles. The lowest BCUT2D eigenvalue weighted by molar-refractivity contribution is -0.111. The number of benzene rings is 3. The monoisotopic (exact) mass is 517 g/mol. The van der Waals surface area contributed by atoms with Crippen LogP contribution in [0.5, 0.6) is 5.75 Å². The van der Waals surface area contributed by atoms with Crippen LogP contribution in [-0.4, -0.2) is 27.8 Å². The van der Waals surface area contributed by atoms with Crippen LogP contribution in [-0.2, 0) is 4.79 Å². The van der Waals surface area contributed by atoms with Crippen LogP contribution in [0.25, 0.3) is 11.8 Å². The third kappa shape index (κ3) is 5.12. The van der Waals surface area contributed by atoms with Crippen LogP contribution in [0.1, 0.15) is 22.7 Å². The Hall–Kier alpha value is -4.07. The number of methoxy groups -OCH3 is 1. The Morgan fingerprint density at radius 1 is 1.03 bits per heavy atom. The predicted molar refractivity (Wildman–Crippen MR) is 143 cm³/mol. The van der Waals surface area contributed by atoms with Gasteiger partial charge < -0.3 is 10.1 Å². The van der Waals surface area contributed by atoms with Gasteiger partial charge in [-0.05, 0) is 53.6 Å². The van der Waals surface area contributed by atoms with E-state index in [-0.39, 0.29) is 17.9 Å². The van der Waals surface area contributed by atoms with Crippen molar-refractivity contribution >= 4 is 52.8 Å². The van der Waals surface area contributed by atoms with Gasteiger partial charge in [0.1, 0.15) is 11.8 Å². The molecule has 5 rings (SSSR count). The van der Waals surface area contributed by atoms with Crippen molar-refractivity contribution in [3.63, 3.8) is 0 Å². The minimum atomic E-state index is -0.363. The van der Waals surface area contributed by atoms with Crippen molar-refractivity contribution in [2.24, 2.45) is 0 Å². The highest BCUT2D eigenvalue weighted by Gasteiger charge is 2.25. The van der Waals surface area contributed by atoms with Crippen molar-refractivity contribution in [2.45, 2.75) is 6.04 Å². The number of aromatic nitrogens is 3. The van der Waals surface area contributed by atoms with E-state index in [4.69, 9.17) is 27.9 Å². The lowest BCUT2D eigenvalue weighted by atomic mass is 10.0. The standard InChI is InChI=1S/C27H21Cl2N5O2/c1-36-24-5-3-2-4-19(24)10-15-25(35)31-26-32-27-30-22(17-6-11-20(28)12-7-17)16-23(34(27)33-26)18-8-13-21(29)14-9-18/h2-16,23H,1H3,(H2,30,31,32,33,35). The molecule has 4 aromatic rings. The zero-order chi connectivity index (χ0) is 25.1. The number of rotatable bonds is 6. The highest BCUT2D eigenvalue weighted by atomic mass is 35.5. The van der Waals surface area contributed by atoms with Crippen LogP contribution in [0.15, 0.2) is 84.9 Å². The largest absolute Gasteiger partial charge is 0.496 e. The molecule has 0 bridgehead atoms. The van der Waals surface area contributed by atoms with Gasteiger partial charge in [-0.15, -0.1) is 5.10 Å². The van der Waals surface area contributed by atoms with E-state index in [1.165, 1.54) is 6.08 Å². The summed E-state index contributed by atoms with van der Waals surface area (Å²) in [5.74, 6) is 0.981. The lowest BCUT2D eigenvalue weighted by Gasteiger charge is -2.24. The van der Waals surface area contributed by atoms with Crippen LogP contribution in [0.3, 0.4) is 0 Å². The number of carbonyl (C=O) groups excluding carboxylic acids is 1. The molecule has 9 heteroatoms. The number of ether oxygens (including phenoxy) is 1. The second-order valence-electron chi connectivity index (χ2n) is 7.98. The Labute approximate surface area is 218 Å². The Morgan fingerprint density at radius 3 is 2.44 bits per heavy atom. The third-order valence-electron chi connectivity index (χ3n) is 5.62. The average molecular weight is 518 g/mol. The smallest absolute Gasteiger partial charge is 0.250 e. The van der Waals surface area contributed by atoms with E-state index < -0.39 is 0 Å². The van der Waals surface area contributed by atoms with Crippen molar-refractivity contribution < 1.29 is 9.53 Å². The molecule has 2 heterocycles. The fourth-order valence-electron chi connectivity index (χ4n) is 3.86. The Balaban J connectivity index is 1.43. The Kier molecular flexibility index (Phi) is 6.75. The SMILES string of the molecule is COc1ccccc1C=CC(=O)Nc1nc2n(n1)C(c1ccc(Cl)cc1)C=C(c1ccc(Cl)cc1)N2. The molecular formula is C27H21Cl2N5O2. The number of hydrogen-bond donors (Lipinski definition) is 2. The van der Waals surface area contributed by atoms with Gasteiger partial charge in [0, 0.05) is 27.4 Å². The number of halogens is 2. The highest BCUT2D eigenvalue weighted by molar-refractivity contribution is 6.30. The van der Waals surface area contributed by atoms with Gasteiger partial charge in [-0.1, -0.05) is 65.7 Å². The number of hydrogen-bond acceptors (Lipinski definition) is 5. The number of nitrogens with one attached hydrogen (secondary N) is 2. The summed E-state index contributed by atoms with van der Waals surface area (Å²) in [5.41, 5.74) is 3.54. The van der Waals surface area contributed by atoms with Crippen LogP contribution in [0.4, 0.5) is 11.9 Å². The molecule has 1 amide bonds. The van der Waals surface area contributed by atoms with E-state index in [0.717, 1.165) is 22.4 Å². The number of allylic oxidation sites excluding steroid dienone is 1. The molecule has 0 radical (unpaired) electrons. The molecule has 36 heavy (non-hydrogen) atoms. The van der Waals surface area contributed by atoms with Crippen molar-refractivity contribution in [1.29, 1.82) is 0 Å². The first kappa shape index (κ1) is 23.7. The van der Waals surface area contributed by atoms with Crippen LogP contribution < -0.4 is 15.4 Å². The summed E-state index contributed by atoms with van der Waals surface area (Å²) in [4.78, 5) is 17.1. The molecular weight excluding hydrogens is 497 g/mol. The van der Waals surface area contributed by atoms with Crippen LogP contribution >= 0.6 is 23.2 Å². The van der Waals surface area contributed by atoms with Gasteiger partial charge in [-0.2, -0.15) is 4.98 Å². The predicted octanol–water partition coefficient (Wildman–Crippen LogP) is 6.30. The first-order chi connectivity index (χ1) is 17.5. The maximum absolute atomic E-state index is 12.6. The number of nitrogens with zero attached hydrogens (tertiary/aromatic N) is 3. The number of carbonyl (C=O) groups is 1. The molecule has 1 unspecified atom stereocenters. The molecule has 1 aliphatic heterocycles. The maximum Gasteiger partial charge on any atom is 0.250 e. The summed E-state index contributed by atoms with van der Waals surface area (Å²) >= 11 is 12.2. The van der Waals surface area contributed by atoms with Crippen molar-refractivity contribution in [3.8, 4) is 5.75 Å². The molecule has 1 aliphatic rings. The summed E-state index contributed by atoms with van der Waals surface area (Å²) in [6.07, 6.45) is 5.14. The highest BCUT2D eigenvalue weighted by Crippen LogP contribution is 2.34. The van der Waals surface area contributed by atoms with E-state index >= 15 is 0 Å². The van der Waals surface area contributed by atoms with E-state index in [1.807, 2.05) is 78.9 Å². The van der Waals surface area contributed by atoms with E-state index in [2.05, 4.69) is 20.7 Å². The minimum absolute atomic E-state index is 0.178. The van der Waals surface area contributed by atoms with Crippen molar-refractivity contribution in [2.75, 3.05) is 17.7 Å². The fourth-order valence-corrected chi connectivity index (χ4v) is 4.11. The van der Waals surface area contributed by atoms with Crippen molar-refractivity contribution in [1.82, 2.24) is 14.8 Å². The third-order valence-corrected chi connectivity index (χ3v) is 6.12. The van der Waals surface area contributed by atoms with Gasteiger partial charge in [-0.3, -0.25) is 10.1 Å². The Bertz CT molecular complexity index is 1460. The molecule has 3 aromatic carbocycles. The molecule has 2 N–H and O–H groups in total. The lowest BCUT2D eigenvalue weighted by Crippen LogP contribution is -2.20. The molecule has 1 aromatic heterocycles. The van der Waals surface area contributed by atoms with Crippen molar-refractivity contribution in [3.05, 3.63) is 112 Å². The van der Waals surface area contributed by atoms with Gasteiger partial charge in [0.05, 0.1) is 7.11 Å². The summed E-state index contributed by atoms with van der Waals surface area (Å²) in [6, 6.07) is 22.2. The first-order valence-corrected chi connectivity index (χ1v) is 11.8. The molecule has 180 valence electrons. The zero-order valence-corrected chi connectivity index (χ0v) is 20.7. The number of para-hydroxylation sites is 1. The summed E-state index contributed by atoms with van der Waals surface area (Å²) < 4.78 is 7.05. The number of anilines is 2. The fraction of sp³-hybridized carbons (Fsp3) is 0.0741. The topological polar surface area (TPSA) is 81.1 Å². The van der Waals surface area contributed by atoms with Gasteiger partial charge in [-0.25, -0.2) is 4.68 Å².